The molecule has 1 aliphatic carbocycles. The van der Waals surface area contributed by atoms with Crippen LogP contribution in [0.5, 0.6) is 0 Å². The maximum atomic E-state index is 12.5. The van der Waals surface area contributed by atoms with Crippen molar-refractivity contribution in [2.75, 3.05) is 25.1 Å². The number of hydrogen-bond acceptors (Lipinski definition) is 5. The minimum atomic E-state index is -3.54. The molecule has 112 valence electrons. The fraction of sp³-hybridized carbons (Fsp3) is 1.00. The molecule has 0 radical (unpaired) electrons. The third kappa shape index (κ3) is 2.96. The van der Waals surface area contributed by atoms with Crippen LogP contribution in [-0.2, 0) is 19.9 Å². The molecule has 19 heavy (non-hydrogen) atoms. The largest absolute Gasteiger partial charge is 0.330 e. The van der Waals surface area contributed by atoms with Gasteiger partial charge in [0.05, 0.1) is 16.8 Å². The van der Waals surface area contributed by atoms with E-state index in [1.807, 2.05) is 0 Å². The SMILES string of the molecule is CN(C1CCCC1CN)S(=O)(=O)C1CCS(=O)(=O)C1. The molecule has 0 spiro atoms. The van der Waals surface area contributed by atoms with Gasteiger partial charge in [-0.2, -0.15) is 0 Å². The van der Waals surface area contributed by atoms with Crippen molar-refractivity contribution >= 4 is 19.9 Å². The Balaban J connectivity index is 2.16. The zero-order chi connectivity index (χ0) is 14.3. The Hall–Kier alpha value is -0.180. The fourth-order valence-electron chi connectivity index (χ4n) is 3.19. The van der Waals surface area contributed by atoms with Crippen molar-refractivity contribution in [1.29, 1.82) is 0 Å². The van der Waals surface area contributed by atoms with Crippen LogP contribution in [0.3, 0.4) is 0 Å². The predicted octanol–water partition coefficient (Wildman–Crippen LogP) is -0.437. The van der Waals surface area contributed by atoms with Crippen molar-refractivity contribution < 1.29 is 16.8 Å². The summed E-state index contributed by atoms with van der Waals surface area (Å²) in [4.78, 5) is 0. The van der Waals surface area contributed by atoms with Crippen LogP contribution in [0.25, 0.3) is 0 Å². The lowest BCUT2D eigenvalue weighted by atomic mass is 10.0. The smallest absolute Gasteiger partial charge is 0.218 e. The second-order valence-corrected chi connectivity index (χ2v) is 10.1. The summed E-state index contributed by atoms with van der Waals surface area (Å²) in [5.74, 6) is -0.0622. The summed E-state index contributed by atoms with van der Waals surface area (Å²) in [7, 11) is -5.15. The zero-order valence-corrected chi connectivity index (χ0v) is 12.8. The number of rotatable bonds is 4. The van der Waals surface area contributed by atoms with E-state index in [2.05, 4.69) is 0 Å². The molecule has 0 aromatic carbocycles. The van der Waals surface area contributed by atoms with Gasteiger partial charge in [-0.05, 0) is 31.7 Å². The fourth-order valence-corrected chi connectivity index (χ4v) is 7.73. The Morgan fingerprint density at radius 1 is 1.26 bits per heavy atom. The van der Waals surface area contributed by atoms with Gasteiger partial charge in [-0.25, -0.2) is 21.1 Å². The van der Waals surface area contributed by atoms with Crippen molar-refractivity contribution in [1.82, 2.24) is 4.31 Å². The summed E-state index contributed by atoms with van der Waals surface area (Å²) in [5.41, 5.74) is 5.68. The molecule has 3 unspecified atom stereocenters. The molecule has 2 fully saturated rings. The third-order valence-corrected chi connectivity index (χ3v) is 8.70. The lowest BCUT2D eigenvalue weighted by Crippen LogP contribution is -2.45. The Bertz CT molecular complexity index is 529. The average molecular weight is 310 g/mol. The van der Waals surface area contributed by atoms with Crippen molar-refractivity contribution in [3.05, 3.63) is 0 Å². The first-order valence-corrected chi connectivity index (χ1v) is 9.98. The summed E-state index contributed by atoms with van der Waals surface area (Å²) in [6.07, 6.45) is 2.96. The van der Waals surface area contributed by atoms with Crippen LogP contribution in [0.15, 0.2) is 0 Å². The summed E-state index contributed by atoms with van der Waals surface area (Å²) in [5, 5.41) is -0.776. The molecule has 2 N–H and O–H groups in total. The zero-order valence-electron chi connectivity index (χ0n) is 11.2. The van der Waals surface area contributed by atoms with Crippen LogP contribution in [0.1, 0.15) is 25.7 Å². The number of hydrogen-bond donors (Lipinski definition) is 1. The highest BCUT2D eigenvalue weighted by Gasteiger charge is 2.43. The van der Waals surface area contributed by atoms with Crippen LogP contribution < -0.4 is 5.73 Å². The van der Waals surface area contributed by atoms with E-state index in [-0.39, 0.29) is 29.9 Å². The van der Waals surface area contributed by atoms with E-state index in [1.165, 1.54) is 4.31 Å². The lowest BCUT2D eigenvalue weighted by molar-refractivity contribution is 0.301. The van der Waals surface area contributed by atoms with Gasteiger partial charge in [0.1, 0.15) is 0 Å². The Morgan fingerprint density at radius 3 is 2.47 bits per heavy atom. The van der Waals surface area contributed by atoms with Gasteiger partial charge in [0.15, 0.2) is 9.84 Å². The Labute approximate surface area is 115 Å². The minimum absolute atomic E-state index is 0.0181. The van der Waals surface area contributed by atoms with E-state index >= 15 is 0 Å². The quantitative estimate of drug-likeness (QED) is 0.759. The van der Waals surface area contributed by atoms with E-state index in [0.29, 0.717) is 6.54 Å². The normalized spacial score (nSPS) is 35.0. The summed E-state index contributed by atoms with van der Waals surface area (Å²) >= 11 is 0. The number of sulfonamides is 1. The van der Waals surface area contributed by atoms with Crippen LogP contribution in [0.2, 0.25) is 0 Å². The van der Waals surface area contributed by atoms with Gasteiger partial charge in [0, 0.05) is 13.1 Å². The molecule has 0 aromatic rings. The monoisotopic (exact) mass is 310 g/mol. The molecule has 3 atom stereocenters. The number of nitrogens with two attached hydrogens (primary N) is 1. The first kappa shape index (κ1) is 15.2. The topological polar surface area (TPSA) is 97.5 Å². The minimum Gasteiger partial charge on any atom is -0.330 e. The molecule has 6 nitrogen and oxygen atoms in total. The molecule has 1 aliphatic heterocycles. The standard InChI is InChI=1S/C11H22N2O4S2/c1-13(11-4-2-3-9(11)7-12)19(16,17)10-5-6-18(14,15)8-10/h9-11H,2-8,12H2,1H3. The highest BCUT2D eigenvalue weighted by molar-refractivity contribution is 7.95. The second-order valence-electron chi connectivity index (χ2n) is 5.58. The summed E-state index contributed by atoms with van der Waals surface area (Å²) in [6, 6.07) is -0.0710. The van der Waals surface area contributed by atoms with Crippen LogP contribution in [0, 0.1) is 5.92 Å². The van der Waals surface area contributed by atoms with E-state index in [9.17, 15) is 16.8 Å². The molecule has 1 heterocycles. The molecule has 1 saturated heterocycles. The van der Waals surface area contributed by atoms with Gasteiger partial charge in [0.25, 0.3) is 0 Å². The lowest BCUT2D eigenvalue weighted by Gasteiger charge is -2.30. The summed E-state index contributed by atoms with van der Waals surface area (Å²) in [6.45, 7) is 0.480. The van der Waals surface area contributed by atoms with Crippen molar-refractivity contribution in [2.24, 2.45) is 11.7 Å². The van der Waals surface area contributed by atoms with Gasteiger partial charge in [-0.1, -0.05) is 6.42 Å². The maximum Gasteiger partial charge on any atom is 0.218 e. The Morgan fingerprint density at radius 2 is 1.95 bits per heavy atom. The van der Waals surface area contributed by atoms with Crippen LogP contribution in [-0.4, -0.2) is 57.5 Å². The van der Waals surface area contributed by atoms with Crippen molar-refractivity contribution in [3.8, 4) is 0 Å². The van der Waals surface area contributed by atoms with Crippen molar-refractivity contribution in [2.45, 2.75) is 37.0 Å². The van der Waals surface area contributed by atoms with Gasteiger partial charge in [0.2, 0.25) is 10.0 Å². The van der Waals surface area contributed by atoms with Crippen LogP contribution >= 0.6 is 0 Å². The Kier molecular flexibility index (Phi) is 4.25. The van der Waals surface area contributed by atoms with Crippen molar-refractivity contribution in [3.63, 3.8) is 0 Å². The molecular formula is C11H22N2O4S2. The van der Waals surface area contributed by atoms with Gasteiger partial charge >= 0.3 is 0 Å². The molecular weight excluding hydrogens is 288 g/mol. The van der Waals surface area contributed by atoms with Gasteiger partial charge in [-0.15, -0.1) is 0 Å². The van der Waals surface area contributed by atoms with Crippen LogP contribution in [0.4, 0.5) is 0 Å². The van der Waals surface area contributed by atoms with E-state index < -0.39 is 25.1 Å². The molecule has 2 rings (SSSR count). The summed E-state index contributed by atoms with van der Waals surface area (Å²) < 4.78 is 49.3. The first-order valence-electron chi connectivity index (χ1n) is 6.65. The van der Waals surface area contributed by atoms with Gasteiger partial charge in [-0.3, -0.25) is 0 Å². The average Bonchev–Trinajstić information content (AvgIpc) is 2.93. The van der Waals surface area contributed by atoms with E-state index in [4.69, 9.17) is 5.73 Å². The third-order valence-electron chi connectivity index (χ3n) is 4.40. The van der Waals surface area contributed by atoms with E-state index in [1.54, 1.807) is 7.05 Å². The molecule has 8 heteroatoms. The number of nitrogens with zero attached hydrogens (tertiary/aromatic N) is 1. The van der Waals surface area contributed by atoms with E-state index in [0.717, 1.165) is 19.3 Å². The molecule has 2 aliphatic rings. The first-order chi connectivity index (χ1) is 8.78. The molecule has 0 aromatic heterocycles. The molecule has 1 saturated carbocycles. The molecule has 0 amide bonds. The predicted molar refractivity (Wildman–Crippen MR) is 73.9 cm³/mol. The highest BCUT2D eigenvalue weighted by atomic mass is 32.2. The second kappa shape index (κ2) is 5.31. The van der Waals surface area contributed by atoms with Gasteiger partial charge < -0.3 is 5.73 Å². The number of sulfone groups is 1. The highest BCUT2D eigenvalue weighted by Crippen LogP contribution is 2.32. The molecule has 0 bridgehead atoms. The maximum absolute atomic E-state index is 12.5.